The molecule has 0 radical (unpaired) electrons. The molecule has 0 rings (SSSR count). The maximum atomic E-state index is 4.20. The quantitative estimate of drug-likeness (QED) is 0.506. The van der Waals surface area contributed by atoms with Crippen LogP contribution in [-0.2, 0) is 0 Å². The first-order valence-corrected chi connectivity index (χ1v) is 4.73. The van der Waals surface area contributed by atoms with E-state index in [2.05, 4.69) is 46.6 Å². The summed E-state index contributed by atoms with van der Waals surface area (Å²) in [7, 11) is 0. The molecule has 0 atom stereocenters. The Balaban J connectivity index is 4.79. The summed E-state index contributed by atoms with van der Waals surface area (Å²) in [6, 6.07) is 0. The van der Waals surface area contributed by atoms with E-state index in [4.69, 9.17) is 0 Å². The van der Waals surface area contributed by atoms with Gasteiger partial charge in [0.25, 0.3) is 0 Å². The predicted octanol–water partition coefficient (Wildman–Crippen LogP) is 4.14. The van der Waals surface area contributed by atoms with Crippen LogP contribution in [0.15, 0.2) is 47.9 Å². The molecule has 0 heterocycles. The summed E-state index contributed by atoms with van der Waals surface area (Å²) in [6.07, 6.45) is 7.54. The second kappa shape index (κ2) is 5.13. The molecule has 0 nitrogen and oxygen atoms in total. The summed E-state index contributed by atoms with van der Waals surface area (Å²) in [6.45, 7) is 13.9. The first-order valence-electron chi connectivity index (χ1n) is 4.28. The van der Waals surface area contributed by atoms with Gasteiger partial charge >= 0.3 is 0 Å². The molecular formula is C12H18S. The molecule has 0 spiro atoms. The van der Waals surface area contributed by atoms with Crippen molar-refractivity contribution in [1.82, 2.24) is 0 Å². The number of thiol groups is 1. The Morgan fingerprint density at radius 2 is 1.62 bits per heavy atom. The highest BCUT2D eigenvalue weighted by molar-refractivity contribution is 7.84. The minimum absolute atomic E-state index is 0.132. The van der Waals surface area contributed by atoms with Gasteiger partial charge in [-0.25, -0.2) is 0 Å². The first-order chi connectivity index (χ1) is 5.91. The lowest BCUT2D eigenvalue weighted by Gasteiger charge is -2.19. The number of hydrogen-bond acceptors (Lipinski definition) is 1. The van der Waals surface area contributed by atoms with Gasteiger partial charge in [0, 0.05) is 4.91 Å². The molecule has 1 heteroatoms. The molecule has 0 aromatic rings. The fourth-order valence-corrected chi connectivity index (χ4v) is 0.942. The topological polar surface area (TPSA) is 0 Å². The van der Waals surface area contributed by atoms with Crippen molar-refractivity contribution in [2.45, 2.75) is 20.8 Å². The third-order valence-corrected chi connectivity index (χ3v) is 2.06. The van der Waals surface area contributed by atoms with Crippen LogP contribution < -0.4 is 0 Å². The zero-order valence-electron chi connectivity index (χ0n) is 8.67. The summed E-state index contributed by atoms with van der Waals surface area (Å²) >= 11 is 4.20. The van der Waals surface area contributed by atoms with Crippen molar-refractivity contribution >= 4 is 12.6 Å². The average molecular weight is 194 g/mol. The molecular weight excluding hydrogens is 176 g/mol. The lowest BCUT2D eigenvalue weighted by atomic mass is 9.86. The minimum Gasteiger partial charge on any atom is -0.143 e. The van der Waals surface area contributed by atoms with Crippen molar-refractivity contribution in [2.75, 3.05) is 0 Å². The van der Waals surface area contributed by atoms with Crippen LogP contribution >= 0.6 is 12.6 Å². The van der Waals surface area contributed by atoms with E-state index in [0.29, 0.717) is 0 Å². The molecule has 0 saturated carbocycles. The van der Waals surface area contributed by atoms with E-state index in [9.17, 15) is 0 Å². The van der Waals surface area contributed by atoms with Gasteiger partial charge in [0.15, 0.2) is 0 Å². The molecule has 0 aromatic carbocycles. The normalized spacial score (nSPS) is 14.2. The molecule has 0 N–H and O–H groups in total. The minimum atomic E-state index is 0.132. The molecule has 72 valence electrons. The van der Waals surface area contributed by atoms with Crippen LogP contribution in [0.4, 0.5) is 0 Å². The zero-order valence-corrected chi connectivity index (χ0v) is 9.57. The van der Waals surface area contributed by atoms with E-state index in [1.165, 1.54) is 5.57 Å². The standard InChI is InChI=1S/C12H18S/c1-6-10(12(3,4)5)8-9-11(13)7-2/h6-9,13H,1-2H2,3-5H3/b10-8+,11-9+. The third-order valence-electron chi connectivity index (χ3n) is 1.73. The van der Waals surface area contributed by atoms with Crippen molar-refractivity contribution in [2.24, 2.45) is 5.41 Å². The van der Waals surface area contributed by atoms with Crippen LogP contribution in [0.2, 0.25) is 0 Å². The van der Waals surface area contributed by atoms with Crippen LogP contribution in [0.5, 0.6) is 0 Å². The van der Waals surface area contributed by atoms with Gasteiger partial charge in [-0.15, -0.1) is 12.6 Å². The average Bonchev–Trinajstić information content (AvgIpc) is 2.02. The van der Waals surface area contributed by atoms with Crippen LogP contribution in [0.1, 0.15) is 20.8 Å². The van der Waals surface area contributed by atoms with E-state index < -0.39 is 0 Å². The molecule has 0 amide bonds. The fourth-order valence-electron chi connectivity index (χ4n) is 0.867. The van der Waals surface area contributed by atoms with E-state index in [1.54, 1.807) is 6.08 Å². The van der Waals surface area contributed by atoms with Crippen molar-refractivity contribution in [3.8, 4) is 0 Å². The monoisotopic (exact) mass is 194 g/mol. The van der Waals surface area contributed by atoms with Crippen LogP contribution in [0.3, 0.4) is 0 Å². The Hall–Kier alpha value is -0.690. The Morgan fingerprint density at radius 1 is 1.08 bits per heavy atom. The molecule has 0 aliphatic carbocycles. The molecule has 0 bridgehead atoms. The predicted molar refractivity (Wildman–Crippen MR) is 65.0 cm³/mol. The number of allylic oxidation sites excluding steroid dienone is 5. The van der Waals surface area contributed by atoms with Gasteiger partial charge in [-0.2, -0.15) is 0 Å². The highest BCUT2D eigenvalue weighted by atomic mass is 32.1. The van der Waals surface area contributed by atoms with Gasteiger partial charge in [-0.3, -0.25) is 0 Å². The Morgan fingerprint density at radius 3 is 1.92 bits per heavy atom. The number of rotatable bonds is 3. The highest BCUT2D eigenvalue weighted by Crippen LogP contribution is 2.26. The van der Waals surface area contributed by atoms with Gasteiger partial charge in [-0.1, -0.05) is 52.2 Å². The molecule has 0 aliphatic heterocycles. The van der Waals surface area contributed by atoms with Crippen molar-refractivity contribution in [1.29, 1.82) is 0 Å². The van der Waals surface area contributed by atoms with Gasteiger partial charge in [0.2, 0.25) is 0 Å². The number of hydrogen-bond donors (Lipinski definition) is 1. The summed E-state index contributed by atoms with van der Waals surface area (Å²) in [5, 5.41) is 0. The summed E-state index contributed by atoms with van der Waals surface area (Å²) < 4.78 is 0. The molecule has 0 aromatic heterocycles. The zero-order chi connectivity index (χ0) is 10.5. The summed E-state index contributed by atoms with van der Waals surface area (Å²) in [5.74, 6) is 0. The van der Waals surface area contributed by atoms with E-state index in [-0.39, 0.29) is 5.41 Å². The van der Waals surface area contributed by atoms with Gasteiger partial charge in [-0.05, 0) is 17.1 Å². The fraction of sp³-hybridized carbons (Fsp3) is 0.333. The lowest BCUT2D eigenvalue weighted by Crippen LogP contribution is -2.06. The lowest BCUT2D eigenvalue weighted by molar-refractivity contribution is 0.517. The van der Waals surface area contributed by atoms with Gasteiger partial charge < -0.3 is 0 Å². The van der Waals surface area contributed by atoms with Crippen LogP contribution in [0.25, 0.3) is 0 Å². The maximum absolute atomic E-state index is 4.20. The van der Waals surface area contributed by atoms with Crippen molar-refractivity contribution in [3.05, 3.63) is 47.9 Å². The third kappa shape index (κ3) is 4.79. The summed E-state index contributed by atoms with van der Waals surface area (Å²) in [4.78, 5) is 0.864. The van der Waals surface area contributed by atoms with E-state index >= 15 is 0 Å². The second-order valence-electron chi connectivity index (χ2n) is 3.87. The second-order valence-corrected chi connectivity index (χ2v) is 4.39. The van der Waals surface area contributed by atoms with Crippen LogP contribution in [0, 0.1) is 5.41 Å². The Labute approximate surface area is 87.2 Å². The first kappa shape index (κ1) is 12.3. The van der Waals surface area contributed by atoms with Gasteiger partial charge in [0.05, 0.1) is 0 Å². The van der Waals surface area contributed by atoms with Crippen molar-refractivity contribution in [3.63, 3.8) is 0 Å². The SMILES string of the molecule is C=C/C(S)=C\C=C(/C=C)C(C)(C)C. The van der Waals surface area contributed by atoms with Gasteiger partial charge in [0.1, 0.15) is 0 Å². The van der Waals surface area contributed by atoms with E-state index in [0.717, 1.165) is 4.91 Å². The molecule has 13 heavy (non-hydrogen) atoms. The molecule has 0 aliphatic rings. The highest BCUT2D eigenvalue weighted by Gasteiger charge is 2.12. The Bertz CT molecular complexity index is 249. The van der Waals surface area contributed by atoms with Crippen molar-refractivity contribution < 1.29 is 0 Å². The molecule has 0 saturated heterocycles. The molecule has 0 unspecified atom stereocenters. The Kier molecular flexibility index (Phi) is 4.86. The van der Waals surface area contributed by atoms with Crippen LogP contribution in [-0.4, -0.2) is 0 Å². The summed E-state index contributed by atoms with van der Waals surface area (Å²) in [5.41, 5.74) is 1.33. The maximum Gasteiger partial charge on any atom is 0.00341 e. The molecule has 0 fully saturated rings. The van der Waals surface area contributed by atoms with E-state index in [1.807, 2.05) is 18.2 Å². The smallest absolute Gasteiger partial charge is 0.00341 e. The largest absolute Gasteiger partial charge is 0.143 e.